The minimum atomic E-state index is -0.0309. The summed E-state index contributed by atoms with van der Waals surface area (Å²) >= 11 is 0. The molecule has 0 unspecified atom stereocenters. The molecular weight excluding hydrogens is 278 g/mol. The molecule has 22 heavy (non-hydrogen) atoms. The van der Waals surface area contributed by atoms with Crippen LogP contribution in [0.1, 0.15) is 25.6 Å². The molecule has 0 fully saturated rings. The molecule has 0 saturated heterocycles. The maximum Gasteiger partial charge on any atom is 0.220 e. The summed E-state index contributed by atoms with van der Waals surface area (Å²) in [6, 6.07) is 8.02. The lowest BCUT2D eigenvalue weighted by Crippen LogP contribution is -2.26. The third kappa shape index (κ3) is 4.18. The van der Waals surface area contributed by atoms with Crippen molar-refractivity contribution in [3.8, 4) is 0 Å². The molecule has 1 aromatic carbocycles. The molecule has 0 saturated carbocycles. The van der Waals surface area contributed by atoms with Crippen LogP contribution in [0.5, 0.6) is 0 Å². The van der Waals surface area contributed by atoms with Crippen LogP contribution in [-0.4, -0.2) is 33.7 Å². The van der Waals surface area contributed by atoms with Gasteiger partial charge in [0.1, 0.15) is 5.82 Å². The maximum atomic E-state index is 11.6. The molecule has 118 valence electrons. The number of imidazole rings is 1. The van der Waals surface area contributed by atoms with E-state index in [9.17, 15) is 4.79 Å². The van der Waals surface area contributed by atoms with E-state index in [2.05, 4.69) is 27.5 Å². The Kier molecular flexibility index (Phi) is 5.72. The number of amides is 1. The molecule has 0 aliphatic rings. The molecule has 0 bridgehead atoms. The number of fused-ring (bicyclic) bond motifs is 1. The minimum absolute atomic E-state index is 0.0309. The highest BCUT2D eigenvalue weighted by Crippen LogP contribution is 2.17. The van der Waals surface area contributed by atoms with Crippen molar-refractivity contribution in [3.05, 3.63) is 42.2 Å². The van der Waals surface area contributed by atoms with Gasteiger partial charge < -0.3 is 15.0 Å². The van der Waals surface area contributed by atoms with Crippen LogP contribution in [0, 0.1) is 0 Å². The molecule has 1 amide bonds. The number of nitrogens with one attached hydrogen (secondary N) is 1. The number of rotatable bonds is 8. The lowest BCUT2D eigenvalue weighted by molar-refractivity contribution is -0.121. The van der Waals surface area contributed by atoms with Gasteiger partial charge in [0.25, 0.3) is 0 Å². The van der Waals surface area contributed by atoms with Gasteiger partial charge in [-0.2, -0.15) is 0 Å². The smallest absolute Gasteiger partial charge is 0.220 e. The van der Waals surface area contributed by atoms with Gasteiger partial charge in [-0.05, 0) is 25.5 Å². The first kappa shape index (κ1) is 16.2. The number of aliphatic hydroxyl groups is 1. The predicted molar refractivity (Wildman–Crippen MR) is 87.6 cm³/mol. The molecule has 2 aromatic rings. The third-order valence-corrected chi connectivity index (χ3v) is 3.39. The Balaban J connectivity index is 2.06. The number of aliphatic hydroxyl groups excluding tert-OH is 1. The van der Waals surface area contributed by atoms with Crippen molar-refractivity contribution in [2.75, 3.05) is 13.2 Å². The molecule has 0 atom stereocenters. The average Bonchev–Trinajstić information content (AvgIpc) is 2.83. The SMILES string of the molecule is C=C(C)Cn1c(CCNC(=O)CCCO)nc2ccccc21. The van der Waals surface area contributed by atoms with Crippen LogP contribution in [0.15, 0.2) is 36.4 Å². The Morgan fingerprint density at radius 1 is 1.41 bits per heavy atom. The lowest BCUT2D eigenvalue weighted by atomic mass is 10.3. The molecule has 0 radical (unpaired) electrons. The Bertz CT molecular complexity index is 661. The normalized spacial score (nSPS) is 10.8. The number of nitrogens with zero attached hydrogens (tertiary/aromatic N) is 2. The summed E-state index contributed by atoms with van der Waals surface area (Å²) in [5, 5.41) is 11.6. The number of benzene rings is 1. The number of carbonyl (C=O) groups excluding carboxylic acids is 1. The second-order valence-electron chi connectivity index (χ2n) is 5.49. The van der Waals surface area contributed by atoms with Crippen LogP contribution in [0.3, 0.4) is 0 Å². The van der Waals surface area contributed by atoms with Crippen molar-refractivity contribution >= 4 is 16.9 Å². The van der Waals surface area contributed by atoms with Gasteiger partial charge in [0.15, 0.2) is 0 Å². The fourth-order valence-electron chi connectivity index (χ4n) is 2.40. The zero-order valence-electron chi connectivity index (χ0n) is 13.0. The van der Waals surface area contributed by atoms with E-state index in [1.165, 1.54) is 0 Å². The second kappa shape index (κ2) is 7.75. The van der Waals surface area contributed by atoms with E-state index < -0.39 is 0 Å². The molecule has 1 heterocycles. The van der Waals surface area contributed by atoms with Gasteiger partial charge in [0.2, 0.25) is 5.91 Å². The lowest BCUT2D eigenvalue weighted by Gasteiger charge is -2.09. The summed E-state index contributed by atoms with van der Waals surface area (Å²) in [4.78, 5) is 16.2. The van der Waals surface area contributed by atoms with Crippen molar-refractivity contribution < 1.29 is 9.90 Å². The minimum Gasteiger partial charge on any atom is -0.396 e. The number of hydrogen-bond acceptors (Lipinski definition) is 3. The van der Waals surface area contributed by atoms with Crippen LogP contribution in [0.4, 0.5) is 0 Å². The van der Waals surface area contributed by atoms with Crippen molar-refractivity contribution in [1.82, 2.24) is 14.9 Å². The van der Waals surface area contributed by atoms with Crippen LogP contribution >= 0.6 is 0 Å². The summed E-state index contributed by atoms with van der Waals surface area (Å²) < 4.78 is 2.15. The van der Waals surface area contributed by atoms with E-state index in [0.29, 0.717) is 25.8 Å². The first-order valence-corrected chi connectivity index (χ1v) is 7.58. The quantitative estimate of drug-likeness (QED) is 0.733. The Labute approximate surface area is 130 Å². The van der Waals surface area contributed by atoms with E-state index in [1.54, 1.807) is 0 Å². The van der Waals surface area contributed by atoms with E-state index >= 15 is 0 Å². The van der Waals surface area contributed by atoms with Crippen molar-refractivity contribution in [2.45, 2.75) is 32.7 Å². The van der Waals surface area contributed by atoms with Gasteiger partial charge in [0, 0.05) is 32.5 Å². The van der Waals surface area contributed by atoms with Gasteiger partial charge in [-0.25, -0.2) is 4.98 Å². The van der Waals surface area contributed by atoms with Crippen molar-refractivity contribution in [3.63, 3.8) is 0 Å². The van der Waals surface area contributed by atoms with Crippen LogP contribution in [-0.2, 0) is 17.8 Å². The molecule has 2 rings (SSSR count). The highest BCUT2D eigenvalue weighted by Gasteiger charge is 2.10. The monoisotopic (exact) mass is 301 g/mol. The van der Waals surface area contributed by atoms with E-state index in [-0.39, 0.29) is 12.5 Å². The van der Waals surface area contributed by atoms with Crippen molar-refractivity contribution in [1.29, 1.82) is 0 Å². The Morgan fingerprint density at radius 3 is 2.91 bits per heavy atom. The molecule has 5 nitrogen and oxygen atoms in total. The summed E-state index contributed by atoms with van der Waals surface area (Å²) in [7, 11) is 0. The fraction of sp³-hybridized carbons (Fsp3) is 0.412. The molecular formula is C17H23N3O2. The second-order valence-corrected chi connectivity index (χ2v) is 5.49. The van der Waals surface area contributed by atoms with Crippen molar-refractivity contribution in [2.24, 2.45) is 0 Å². The summed E-state index contributed by atoms with van der Waals surface area (Å²) in [6.45, 7) is 7.29. The Morgan fingerprint density at radius 2 is 2.18 bits per heavy atom. The van der Waals surface area contributed by atoms with Gasteiger partial charge in [0.05, 0.1) is 11.0 Å². The average molecular weight is 301 g/mol. The number of aromatic nitrogens is 2. The molecule has 5 heteroatoms. The summed E-state index contributed by atoms with van der Waals surface area (Å²) in [6.07, 6.45) is 1.53. The highest BCUT2D eigenvalue weighted by atomic mass is 16.3. The number of hydrogen-bond donors (Lipinski definition) is 2. The van der Waals surface area contributed by atoms with E-state index in [4.69, 9.17) is 5.11 Å². The maximum absolute atomic E-state index is 11.6. The standard InChI is InChI=1S/C17H23N3O2/c1-13(2)12-20-15-7-4-3-6-14(15)19-16(20)9-10-18-17(22)8-5-11-21/h3-4,6-7,21H,1,5,8-12H2,2H3,(H,18,22). The van der Waals surface area contributed by atoms with Gasteiger partial charge in [-0.1, -0.05) is 24.3 Å². The van der Waals surface area contributed by atoms with Gasteiger partial charge in [-0.15, -0.1) is 0 Å². The van der Waals surface area contributed by atoms with E-state index in [1.807, 2.05) is 25.1 Å². The number of carbonyl (C=O) groups is 1. The summed E-state index contributed by atoms with van der Waals surface area (Å²) in [5.74, 6) is 0.920. The number of para-hydroxylation sites is 2. The molecule has 1 aromatic heterocycles. The molecule has 0 spiro atoms. The first-order chi connectivity index (χ1) is 10.6. The van der Waals surface area contributed by atoms with Crippen LogP contribution < -0.4 is 5.32 Å². The molecule has 2 N–H and O–H groups in total. The van der Waals surface area contributed by atoms with Gasteiger partial charge >= 0.3 is 0 Å². The molecule has 0 aliphatic heterocycles. The van der Waals surface area contributed by atoms with Crippen LogP contribution in [0.2, 0.25) is 0 Å². The number of allylic oxidation sites excluding steroid dienone is 1. The zero-order chi connectivity index (χ0) is 15.9. The topological polar surface area (TPSA) is 67.2 Å². The third-order valence-electron chi connectivity index (χ3n) is 3.39. The fourth-order valence-corrected chi connectivity index (χ4v) is 2.40. The Hall–Kier alpha value is -2.14. The van der Waals surface area contributed by atoms with Crippen LogP contribution in [0.25, 0.3) is 11.0 Å². The van der Waals surface area contributed by atoms with E-state index in [0.717, 1.165) is 29.0 Å². The summed E-state index contributed by atoms with van der Waals surface area (Å²) in [5.41, 5.74) is 3.12. The first-order valence-electron chi connectivity index (χ1n) is 7.58. The predicted octanol–water partition coefficient (Wildman–Crippen LogP) is 2.04. The zero-order valence-corrected chi connectivity index (χ0v) is 13.0. The van der Waals surface area contributed by atoms with Gasteiger partial charge in [-0.3, -0.25) is 4.79 Å². The molecule has 0 aliphatic carbocycles. The highest BCUT2D eigenvalue weighted by molar-refractivity contribution is 5.76. The largest absolute Gasteiger partial charge is 0.396 e.